The third-order valence-electron chi connectivity index (χ3n) is 6.00. The van der Waals surface area contributed by atoms with Crippen LogP contribution in [0.2, 0.25) is 0 Å². The van der Waals surface area contributed by atoms with Gasteiger partial charge in [0.1, 0.15) is 11.3 Å². The molecule has 0 radical (unpaired) electrons. The van der Waals surface area contributed by atoms with Crippen LogP contribution in [0.5, 0.6) is 0 Å². The maximum atomic E-state index is 12.3. The minimum atomic E-state index is -4.34. The van der Waals surface area contributed by atoms with Crippen LogP contribution in [-0.2, 0) is 21.3 Å². The van der Waals surface area contributed by atoms with Gasteiger partial charge in [-0.3, -0.25) is 4.98 Å². The van der Waals surface area contributed by atoms with Crippen LogP contribution in [0.1, 0.15) is 41.1 Å². The van der Waals surface area contributed by atoms with Gasteiger partial charge in [-0.25, -0.2) is 0 Å². The van der Waals surface area contributed by atoms with Gasteiger partial charge < -0.3 is 14.4 Å². The number of alkyl halides is 3. The molecule has 0 N–H and O–H groups in total. The second-order valence-corrected chi connectivity index (χ2v) is 8.07. The highest BCUT2D eigenvalue weighted by atomic mass is 19.4. The molecule has 1 aromatic carbocycles. The molecule has 4 nitrogen and oxygen atoms in total. The Bertz CT molecular complexity index is 833. The molecule has 168 valence electrons. The van der Waals surface area contributed by atoms with Crippen LogP contribution in [0.3, 0.4) is 0 Å². The van der Waals surface area contributed by atoms with E-state index >= 15 is 0 Å². The van der Waals surface area contributed by atoms with Crippen molar-refractivity contribution in [1.29, 1.82) is 0 Å². The van der Waals surface area contributed by atoms with Crippen molar-refractivity contribution in [3.05, 3.63) is 71.6 Å². The number of ether oxygens (including phenoxy) is 2. The third kappa shape index (κ3) is 5.73. The summed E-state index contributed by atoms with van der Waals surface area (Å²) in [6, 6.07) is 10.9. The molecule has 0 atom stereocenters. The number of likely N-dealkylation sites (tertiary alicyclic amines) is 1. The Morgan fingerprint density at radius 1 is 1.13 bits per heavy atom. The minimum absolute atomic E-state index is 0.209. The van der Waals surface area contributed by atoms with Gasteiger partial charge in [0.05, 0.1) is 13.2 Å². The maximum Gasteiger partial charge on any atom is 0.433 e. The second-order valence-electron chi connectivity index (χ2n) is 8.07. The minimum Gasteiger partial charge on any atom is -0.375 e. The Morgan fingerprint density at radius 3 is 2.19 bits per heavy atom. The smallest absolute Gasteiger partial charge is 0.375 e. The quantitative estimate of drug-likeness (QED) is 0.670. The van der Waals surface area contributed by atoms with Gasteiger partial charge in [0.15, 0.2) is 0 Å². The fourth-order valence-corrected chi connectivity index (χ4v) is 3.77. The summed E-state index contributed by atoms with van der Waals surface area (Å²) in [4.78, 5) is 5.74. The largest absolute Gasteiger partial charge is 0.433 e. The summed E-state index contributed by atoms with van der Waals surface area (Å²) in [5.41, 5.74) is 2.21. The number of rotatable bonds is 4. The highest BCUT2D eigenvalue weighted by molar-refractivity contribution is 5.48. The summed E-state index contributed by atoms with van der Waals surface area (Å²) in [5, 5.41) is 0. The van der Waals surface area contributed by atoms with Crippen LogP contribution in [0.25, 0.3) is 6.08 Å². The van der Waals surface area contributed by atoms with Gasteiger partial charge in [-0.2, -0.15) is 13.2 Å². The maximum absolute atomic E-state index is 12.3. The number of benzene rings is 1. The van der Waals surface area contributed by atoms with Gasteiger partial charge in [-0.1, -0.05) is 43.0 Å². The van der Waals surface area contributed by atoms with Crippen molar-refractivity contribution in [2.75, 3.05) is 40.5 Å². The SMILES string of the molecule is C=Cc1ccc(C2(OC)COC2)cc1.CN1CCC(c2ccc(C(F)(F)F)nc2)CC1. The van der Waals surface area contributed by atoms with Crippen LogP contribution in [0.15, 0.2) is 49.2 Å². The first kappa shape index (κ1) is 23.4. The molecule has 0 aliphatic carbocycles. The zero-order chi connectivity index (χ0) is 22.5. The Labute approximate surface area is 181 Å². The Balaban J connectivity index is 0.000000179. The number of aromatic nitrogens is 1. The van der Waals surface area contributed by atoms with Gasteiger partial charge in [-0.15, -0.1) is 0 Å². The summed E-state index contributed by atoms with van der Waals surface area (Å²) in [5.74, 6) is 0.348. The molecule has 7 heteroatoms. The van der Waals surface area contributed by atoms with Crippen LogP contribution < -0.4 is 0 Å². The molecule has 1 aromatic heterocycles. The molecule has 2 saturated heterocycles. The molecule has 4 rings (SSSR count). The van der Waals surface area contributed by atoms with Crippen molar-refractivity contribution < 1.29 is 22.6 Å². The van der Waals surface area contributed by atoms with Crippen LogP contribution in [0, 0.1) is 0 Å². The normalized spacial score (nSPS) is 19.1. The number of methoxy groups -OCH3 is 1. The van der Waals surface area contributed by atoms with E-state index in [4.69, 9.17) is 9.47 Å². The van der Waals surface area contributed by atoms with Gasteiger partial charge in [0, 0.05) is 13.3 Å². The molecule has 0 bridgehead atoms. The second kappa shape index (κ2) is 9.94. The lowest BCUT2D eigenvalue weighted by Crippen LogP contribution is -2.48. The number of pyridine rings is 1. The van der Waals surface area contributed by atoms with Crippen LogP contribution >= 0.6 is 0 Å². The van der Waals surface area contributed by atoms with Crippen molar-refractivity contribution in [1.82, 2.24) is 9.88 Å². The highest BCUT2D eigenvalue weighted by Gasteiger charge is 2.40. The first-order chi connectivity index (χ1) is 14.8. The molecular formula is C24H29F3N2O2. The zero-order valence-corrected chi connectivity index (χ0v) is 18.0. The van der Waals surface area contributed by atoms with Crippen LogP contribution in [0.4, 0.5) is 13.2 Å². The Morgan fingerprint density at radius 2 is 1.77 bits per heavy atom. The highest BCUT2D eigenvalue weighted by Crippen LogP contribution is 2.33. The topological polar surface area (TPSA) is 34.6 Å². The molecule has 0 saturated carbocycles. The molecule has 2 aliphatic heterocycles. The van der Waals surface area contributed by atoms with E-state index in [1.54, 1.807) is 13.2 Å². The number of halogens is 3. The number of nitrogens with zero attached hydrogens (tertiary/aromatic N) is 2. The molecule has 0 spiro atoms. The summed E-state index contributed by atoms with van der Waals surface area (Å²) in [7, 11) is 3.78. The Hall–Kier alpha value is -2.22. The Kier molecular flexibility index (Phi) is 7.51. The summed E-state index contributed by atoms with van der Waals surface area (Å²) < 4.78 is 47.7. The van der Waals surface area contributed by atoms with Crippen molar-refractivity contribution in [2.45, 2.75) is 30.5 Å². The van der Waals surface area contributed by atoms with E-state index in [0.717, 1.165) is 43.1 Å². The lowest BCUT2D eigenvalue weighted by Gasteiger charge is -2.40. The van der Waals surface area contributed by atoms with Crippen molar-refractivity contribution in [3.8, 4) is 0 Å². The van der Waals surface area contributed by atoms with Gasteiger partial charge in [0.25, 0.3) is 0 Å². The third-order valence-corrected chi connectivity index (χ3v) is 6.00. The van der Waals surface area contributed by atoms with Gasteiger partial charge in [-0.05, 0) is 61.7 Å². The fourth-order valence-electron chi connectivity index (χ4n) is 3.77. The van der Waals surface area contributed by atoms with E-state index in [-0.39, 0.29) is 5.60 Å². The summed E-state index contributed by atoms with van der Waals surface area (Å²) in [6.07, 6.45) is 0.845. The van der Waals surface area contributed by atoms with Crippen molar-refractivity contribution in [3.63, 3.8) is 0 Å². The number of piperidine rings is 1. The van der Waals surface area contributed by atoms with E-state index in [2.05, 4.69) is 35.6 Å². The molecule has 0 unspecified atom stereocenters. The summed E-state index contributed by atoms with van der Waals surface area (Å²) in [6.45, 7) is 7.00. The monoisotopic (exact) mass is 434 g/mol. The van der Waals surface area contributed by atoms with E-state index in [1.807, 2.05) is 18.2 Å². The number of hydrogen-bond donors (Lipinski definition) is 0. The predicted octanol–water partition coefficient (Wildman–Crippen LogP) is 5.11. The molecule has 31 heavy (non-hydrogen) atoms. The number of hydrogen-bond acceptors (Lipinski definition) is 4. The first-order valence-electron chi connectivity index (χ1n) is 10.3. The molecule has 3 heterocycles. The average molecular weight is 435 g/mol. The van der Waals surface area contributed by atoms with Gasteiger partial charge in [0.2, 0.25) is 0 Å². The van der Waals surface area contributed by atoms with E-state index < -0.39 is 11.9 Å². The standard InChI is InChI=1S/C12H15F3N2.C12H14O2/c1-17-6-4-9(5-7-17)10-2-3-11(16-8-10)12(13,14)15;1-3-10-4-6-11(7-5-10)12(13-2)8-14-9-12/h2-3,8-9H,4-7H2,1H3;3-7H,1,8-9H2,2H3. The molecule has 2 aliphatic rings. The lowest BCUT2D eigenvalue weighted by molar-refractivity contribution is -0.202. The first-order valence-corrected chi connectivity index (χ1v) is 10.3. The average Bonchev–Trinajstić information content (AvgIpc) is 2.74. The van der Waals surface area contributed by atoms with E-state index in [9.17, 15) is 13.2 Å². The fraction of sp³-hybridized carbons (Fsp3) is 0.458. The molecule has 2 fully saturated rings. The molecule has 2 aromatic rings. The molecule has 0 amide bonds. The van der Waals surface area contributed by atoms with Crippen molar-refractivity contribution in [2.24, 2.45) is 0 Å². The lowest BCUT2D eigenvalue weighted by atomic mass is 9.90. The van der Waals surface area contributed by atoms with E-state index in [1.165, 1.54) is 11.8 Å². The predicted molar refractivity (Wildman–Crippen MR) is 115 cm³/mol. The van der Waals surface area contributed by atoms with Gasteiger partial charge >= 0.3 is 6.18 Å². The van der Waals surface area contributed by atoms with Crippen molar-refractivity contribution >= 4 is 6.08 Å². The summed E-state index contributed by atoms with van der Waals surface area (Å²) >= 11 is 0. The zero-order valence-electron chi connectivity index (χ0n) is 18.0. The van der Waals surface area contributed by atoms with Crippen LogP contribution in [-0.4, -0.2) is 50.3 Å². The molecular weight excluding hydrogens is 405 g/mol. The van der Waals surface area contributed by atoms with E-state index in [0.29, 0.717) is 19.1 Å².